The molecule has 1 N–H and O–H groups in total. The number of hydrogen-bond donors (Lipinski definition) is 1. The van der Waals surface area contributed by atoms with Crippen molar-refractivity contribution in [1.29, 1.82) is 0 Å². The molecule has 0 bridgehead atoms. The minimum absolute atomic E-state index is 0.0412. The van der Waals surface area contributed by atoms with Crippen LogP contribution in [0.3, 0.4) is 0 Å². The van der Waals surface area contributed by atoms with E-state index in [9.17, 15) is 5.11 Å². The number of rotatable bonds is 2. The van der Waals surface area contributed by atoms with Crippen LogP contribution in [-0.2, 0) is 10.3 Å². The molecule has 138 valence electrons. The zero-order valence-electron chi connectivity index (χ0n) is 15.2. The second-order valence-electron chi connectivity index (χ2n) is 7.50. The topological polar surface area (TPSA) is 47.9 Å². The van der Waals surface area contributed by atoms with Gasteiger partial charge >= 0.3 is 0 Å². The maximum atomic E-state index is 11.1. The fraction of sp³-hybridized carbons (Fsp3) is 0.304. The van der Waals surface area contributed by atoms with Gasteiger partial charge in [0.25, 0.3) is 6.29 Å². The third-order valence-electron chi connectivity index (χ3n) is 5.54. The number of benzene rings is 3. The molecule has 2 aliphatic heterocycles. The van der Waals surface area contributed by atoms with E-state index >= 15 is 0 Å². The number of ether oxygens (including phenoxy) is 3. The lowest BCUT2D eigenvalue weighted by Gasteiger charge is -2.36. The summed E-state index contributed by atoms with van der Waals surface area (Å²) in [4.78, 5) is 0. The Bertz CT molecular complexity index is 999. The molecule has 2 aliphatic rings. The Morgan fingerprint density at radius 1 is 0.926 bits per heavy atom. The molecule has 1 fully saturated rings. The molecule has 4 heteroatoms. The molecule has 4 nitrogen and oxygen atoms in total. The van der Waals surface area contributed by atoms with Gasteiger partial charge in [0.15, 0.2) is 11.5 Å². The van der Waals surface area contributed by atoms with Crippen molar-refractivity contribution < 1.29 is 19.3 Å². The molecule has 0 saturated carbocycles. The molecule has 0 amide bonds. The van der Waals surface area contributed by atoms with Crippen molar-refractivity contribution in [3.05, 3.63) is 71.8 Å². The zero-order chi connectivity index (χ0) is 18.4. The molecule has 5 rings (SSSR count). The minimum Gasteiger partial charge on any atom is -0.447 e. The molecular weight excluding hydrogens is 340 g/mol. The van der Waals surface area contributed by atoms with Gasteiger partial charge in [-0.05, 0) is 41.5 Å². The summed E-state index contributed by atoms with van der Waals surface area (Å²) in [6, 6.07) is 20.2. The van der Waals surface area contributed by atoms with Gasteiger partial charge in [-0.25, -0.2) is 0 Å². The molecular formula is C23H22O4. The average Bonchev–Trinajstić information content (AvgIpc) is 3.11. The third-order valence-corrected chi connectivity index (χ3v) is 5.54. The van der Waals surface area contributed by atoms with Gasteiger partial charge in [-0.2, -0.15) is 0 Å². The van der Waals surface area contributed by atoms with Gasteiger partial charge in [-0.3, -0.25) is 0 Å². The normalized spacial score (nSPS) is 27.0. The highest BCUT2D eigenvalue weighted by atomic mass is 16.7. The van der Waals surface area contributed by atoms with Crippen molar-refractivity contribution in [3.8, 4) is 11.5 Å². The molecule has 0 aliphatic carbocycles. The molecule has 27 heavy (non-hydrogen) atoms. The SMILES string of the molecule is CC1CC(O)(c2ccc3c(c2)OC(c2ccc4ccccc4c2)O3)CCO1. The Morgan fingerprint density at radius 3 is 2.59 bits per heavy atom. The maximum absolute atomic E-state index is 11.1. The lowest BCUT2D eigenvalue weighted by Crippen LogP contribution is -2.37. The summed E-state index contributed by atoms with van der Waals surface area (Å²) in [5, 5.41) is 13.4. The Labute approximate surface area is 158 Å². The molecule has 2 heterocycles. The quantitative estimate of drug-likeness (QED) is 0.718. The van der Waals surface area contributed by atoms with Crippen LogP contribution in [-0.4, -0.2) is 17.8 Å². The van der Waals surface area contributed by atoms with Crippen LogP contribution in [0.5, 0.6) is 11.5 Å². The van der Waals surface area contributed by atoms with Crippen molar-refractivity contribution in [1.82, 2.24) is 0 Å². The highest BCUT2D eigenvalue weighted by Crippen LogP contribution is 2.44. The standard InChI is InChI=1S/C23H22O4/c1-15-14-23(24,10-11-25-15)19-8-9-20-21(13-19)27-22(26-20)18-7-6-16-4-2-3-5-17(16)12-18/h2-9,12-13,15,22,24H,10-11,14H2,1H3. The lowest BCUT2D eigenvalue weighted by atomic mass is 9.84. The molecule has 0 spiro atoms. The van der Waals surface area contributed by atoms with Crippen LogP contribution in [0.2, 0.25) is 0 Å². The number of aliphatic hydroxyl groups is 1. The smallest absolute Gasteiger partial charge is 0.267 e. The van der Waals surface area contributed by atoms with E-state index in [1.54, 1.807) is 0 Å². The second-order valence-corrected chi connectivity index (χ2v) is 7.50. The third kappa shape index (κ3) is 2.95. The maximum Gasteiger partial charge on any atom is 0.267 e. The van der Waals surface area contributed by atoms with E-state index in [0.717, 1.165) is 16.5 Å². The van der Waals surface area contributed by atoms with Crippen LogP contribution in [0.15, 0.2) is 60.7 Å². The fourth-order valence-corrected chi connectivity index (χ4v) is 4.06. The van der Waals surface area contributed by atoms with E-state index < -0.39 is 11.9 Å². The summed E-state index contributed by atoms with van der Waals surface area (Å²) >= 11 is 0. The average molecular weight is 362 g/mol. The predicted molar refractivity (Wildman–Crippen MR) is 103 cm³/mol. The van der Waals surface area contributed by atoms with Gasteiger partial charge in [0.05, 0.1) is 18.3 Å². The molecule has 3 unspecified atom stereocenters. The van der Waals surface area contributed by atoms with Crippen LogP contribution in [0, 0.1) is 0 Å². The van der Waals surface area contributed by atoms with Crippen LogP contribution in [0.4, 0.5) is 0 Å². The first-order valence-corrected chi connectivity index (χ1v) is 9.41. The van der Waals surface area contributed by atoms with Crippen molar-refractivity contribution in [2.24, 2.45) is 0 Å². The van der Waals surface area contributed by atoms with Gasteiger partial charge in [-0.1, -0.05) is 42.5 Å². The highest BCUT2D eigenvalue weighted by Gasteiger charge is 2.37. The van der Waals surface area contributed by atoms with Crippen LogP contribution < -0.4 is 9.47 Å². The monoisotopic (exact) mass is 362 g/mol. The summed E-state index contributed by atoms with van der Waals surface area (Å²) in [7, 11) is 0. The second kappa shape index (κ2) is 6.25. The lowest BCUT2D eigenvalue weighted by molar-refractivity contribution is -0.101. The van der Waals surface area contributed by atoms with E-state index in [1.165, 1.54) is 5.39 Å². The summed E-state index contributed by atoms with van der Waals surface area (Å²) in [6.07, 6.45) is 0.744. The van der Waals surface area contributed by atoms with E-state index in [0.29, 0.717) is 30.9 Å². The van der Waals surface area contributed by atoms with E-state index in [-0.39, 0.29) is 6.10 Å². The highest BCUT2D eigenvalue weighted by molar-refractivity contribution is 5.83. The molecule has 0 aromatic heterocycles. The first-order chi connectivity index (χ1) is 13.1. The van der Waals surface area contributed by atoms with Crippen molar-refractivity contribution in [2.45, 2.75) is 37.8 Å². The van der Waals surface area contributed by atoms with Gasteiger partial charge in [-0.15, -0.1) is 0 Å². The fourth-order valence-electron chi connectivity index (χ4n) is 4.06. The largest absolute Gasteiger partial charge is 0.447 e. The summed E-state index contributed by atoms with van der Waals surface area (Å²) in [5.74, 6) is 1.39. The van der Waals surface area contributed by atoms with Crippen LogP contribution in [0.25, 0.3) is 10.8 Å². The van der Waals surface area contributed by atoms with Crippen molar-refractivity contribution in [2.75, 3.05) is 6.61 Å². The first kappa shape index (κ1) is 16.6. The minimum atomic E-state index is -0.878. The van der Waals surface area contributed by atoms with Gasteiger partial charge in [0.1, 0.15) is 0 Å². The van der Waals surface area contributed by atoms with Gasteiger partial charge in [0.2, 0.25) is 0 Å². The van der Waals surface area contributed by atoms with Crippen molar-refractivity contribution in [3.63, 3.8) is 0 Å². The summed E-state index contributed by atoms with van der Waals surface area (Å²) in [5.41, 5.74) is 0.959. The number of fused-ring (bicyclic) bond motifs is 2. The Balaban J connectivity index is 1.42. The Morgan fingerprint density at radius 2 is 1.74 bits per heavy atom. The van der Waals surface area contributed by atoms with E-state index in [2.05, 4.69) is 24.3 Å². The molecule has 3 atom stereocenters. The van der Waals surface area contributed by atoms with Gasteiger partial charge < -0.3 is 19.3 Å². The summed E-state index contributed by atoms with van der Waals surface area (Å²) < 4.78 is 17.7. The van der Waals surface area contributed by atoms with Crippen LogP contribution in [0.1, 0.15) is 37.2 Å². The van der Waals surface area contributed by atoms with Crippen LogP contribution >= 0.6 is 0 Å². The number of hydrogen-bond acceptors (Lipinski definition) is 4. The van der Waals surface area contributed by atoms with Crippen molar-refractivity contribution >= 4 is 10.8 Å². The Kier molecular flexibility index (Phi) is 3.85. The molecule has 1 saturated heterocycles. The molecule has 3 aromatic rings. The van der Waals surface area contributed by atoms with E-state index in [4.69, 9.17) is 14.2 Å². The first-order valence-electron chi connectivity index (χ1n) is 9.41. The van der Waals surface area contributed by atoms with Gasteiger partial charge in [0, 0.05) is 18.4 Å². The zero-order valence-corrected chi connectivity index (χ0v) is 15.2. The molecule has 0 radical (unpaired) electrons. The summed E-state index contributed by atoms with van der Waals surface area (Å²) in [6.45, 7) is 2.55. The Hall–Kier alpha value is -2.56. The van der Waals surface area contributed by atoms with E-state index in [1.807, 2.05) is 43.3 Å². The molecule has 3 aromatic carbocycles. The predicted octanol–water partition coefficient (Wildman–Crippen LogP) is 4.70.